The molecule has 0 atom stereocenters. The fourth-order valence-electron chi connectivity index (χ4n) is 2.47. The van der Waals surface area contributed by atoms with Crippen LogP contribution < -0.4 is 5.32 Å². The van der Waals surface area contributed by atoms with E-state index in [1.807, 2.05) is 0 Å². The molecule has 0 bridgehead atoms. The lowest BCUT2D eigenvalue weighted by molar-refractivity contribution is 0.0587. The van der Waals surface area contributed by atoms with Crippen LogP contribution in [0.2, 0.25) is 0 Å². The van der Waals surface area contributed by atoms with Gasteiger partial charge in [0.1, 0.15) is 0 Å². The first-order valence-corrected chi connectivity index (χ1v) is 7.42. The minimum absolute atomic E-state index is 0.127. The zero-order valence-electron chi connectivity index (χ0n) is 14.7. The number of hydrogen-bond donors (Lipinski definition) is 1. The lowest BCUT2D eigenvalue weighted by Gasteiger charge is -2.11. The Morgan fingerprint density at radius 1 is 1.08 bits per heavy atom. The minimum Gasteiger partial charge on any atom is -0.465 e. The zero-order valence-corrected chi connectivity index (χ0v) is 14.7. The van der Waals surface area contributed by atoms with E-state index < -0.39 is 17.8 Å². The molecule has 0 spiro atoms. The number of amides is 1. The Morgan fingerprint density at radius 2 is 1.72 bits per heavy atom. The van der Waals surface area contributed by atoms with E-state index in [4.69, 9.17) is 4.74 Å². The summed E-state index contributed by atoms with van der Waals surface area (Å²) >= 11 is 0. The number of methoxy groups -OCH3 is 2. The molecule has 8 nitrogen and oxygen atoms in total. The van der Waals surface area contributed by atoms with Crippen LogP contribution in [0, 0.1) is 13.8 Å². The van der Waals surface area contributed by atoms with Gasteiger partial charge in [-0.2, -0.15) is 5.10 Å². The summed E-state index contributed by atoms with van der Waals surface area (Å²) in [6.45, 7) is 3.48. The predicted molar refractivity (Wildman–Crippen MR) is 89.8 cm³/mol. The fraction of sp³-hybridized carbons (Fsp3) is 0.294. The number of aryl methyl sites for hydroxylation is 2. The highest BCUT2D eigenvalue weighted by molar-refractivity contribution is 6.10. The fourth-order valence-corrected chi connectivity index (χ4v) is 2.47. The van der Waals surface area contributed by atoms with Gasteiger partial charge in [0.25, 0.3) is 5.91 Å². The molecule has 132 valence electrons. The third-order valence-corrected chi connectivity index (χ3v) is 3.83. The second-order valence-corrected chi connectivity index (χ2v) is 5.37. The Bertz CT molecular complexity index is 854. The topological polar surface area (TPSA) is 99.5 Å². The van der Waals surface area contributed by atoms with Gasteiger partial charge in [0.05, 0.1) is 42.3 Å². The third kappa shape index (κ3) is 3.52. The largest absolute Gasteiger partial charge is 0.465 e. The third-order valence-electron chi connectivity index (χ3n) is 3.83. The minimum atomic E-state index is -0.633. The van der Waals surface area contributed by atoms with Crippen LogP contribution in [0.3, 0.4) is 0 Å². The number of ether oxygens (including phenoxy) is 2. The standard InChI is InChI=1S/C17H19N3O5/c1-9-14(10(2)20(3)19-9)15(21)18-13-8-11(16(22)24-4)6-7-12(13)17(23)25-5/h6-8H,1-5H3,(H,18,21). The molecule has 1 amide bonds. The van der Waals surface area contributed by atoms with Gasteiger partial charge in [-0.15, -0.1) is 0 Å². The maximum Gasteiger partial charge on any atom is 0.339 e. The van der Waals surface area contributed by atoms with Crippen LogP contribution >= 0.6 is 0 Å². The van der Waals surface area contributed by atoms with Crippen molar-refractivity contribution >= 4 is 23.5 Å². The van der Waals surface area contributed by atoms with E-state index in [9.17, 15) is 14.4 Å². The molecule has 25 heavy (non-hydrogen) atoms. The number of nitrogens with zero attached hydrogens (tertiary/aromatic N) is 2. The predicted octanol–water partition coefficient (Wildman–Crippen LogP) is 1.86. The first-order chi connectivity index (χ1) is 11.8. The number of nitrogens with one attached hydrogen (secondary N) is 1. The molecule has 0 aliphatic carbocycles. The van der Waals surface area contributed by atoms with Crippen LogP contribution in [0.5, 0.6) is 0 Å². The highest BCUT2D eigenvalue weighted by Crippen LogP contribution is 2.22. The Kier molecular flexibility index (Phi) is 5.21. The van der Waals surface area contributed by atoms with Gasteiger partial charge in [0.2, 0.25) is 0 Å². The summed E-state index contributed by atoms with van der Waals surface area (Å²) in [6, 6.07) is 4.20. The lowest BCUT2D eigenvalue weighted by atomic mass is 10.1. The molecule has 1 aromatic heterocycles. The molecule has 0 radical (unpaired) electrons. The van der Waals surface area contributed by atoms with Gasteiger partial charge in [-0.05, 0) is 32.0 Å². The Labute approximate surface area is 144 Å². The van der Waals surface area contributed by atoms with Crippen molar-refractivity contribution in [3.05, 3.63) is 46.3 Å². The summed E-state index contributed by atoms with van der Waals surface area (Å²) in [4.78, 5) is 36.3. The van der Waals surface area contributed by atoms with Gasteiger partial charge >= 0.3 is 11.9 Å². The number of aromatic nitrogens is 2. The Balaban J connectivity index is 2.46. The Morgan fingerprint density at radius 3 is 2.24 bits per heavy atom. The number of carbonyl (C=O) groups is 3. The molecule has 2 aromatic rings. The van der Waals surface area contributed by atoms with E-state index in [2.05, 4.69) is 15.2 Å². The van der Waals surface area contributed by atoms with E-state index in [1.54, 1.807) is 25.6 Å². The molecule has 0 aliphatic rings. The summed E-state index contributed by atoms with van der Waals surface area (Å²) in [5, 5.41) is 6.85. The molecule has 0 aliphatic heterocycles. The van der Waals surface area contributed by atoms with E-state index in [0.29, 0.717) is 17.0 Å². The highest BCUT2D eigenvalue weighted by atomic mass is 16.5. The molecule has 1 aromatic carbocycles. The van der Waals surface area contributed by atoms with Crippen molar-refractivity contribution in [3.8, 4) is 0 Å². The highest BCUT2D eigenvalue weighted by Gasteiger charge is 2.21. The number of benzene rings is 1. The molecule has 0 fully saturated rings. The first-order valence-electron chi connectivity index (χ1n) is 7.42. The lowest BCUT2D eigenvalue weighted by Crippen LogP contribution is -2.18. The van der Waals surface area contributed by atoms with E-state index in [0.717, 1.165) is 0 Å². The van der Waals surface area contributed by atoms with Crippen molar-refractivity contribution < 1.29 is 23.9 Å². The van der Waals surface area contributed by atoms with Crippen molar-refractivity contribution in [2.45, 2.75) is 13.8 Å². The molecule has 0 saturated carbocycles. The Hall–Kier alpha value is -3.16. The van der Waals surface area contributed by atoms with Gasteiger partial charge in [-0.3, -0.25) is 9.48 Å². The summed E-state index contributed by atoms with van der Waals surface area (Å²) in [5.41, 5.74) is 2.12. The van der Waals surface area contributed by atoms with Crippen LogP contribution in [0.15, 0.2) is 18.2 Å². The van der Waals surface area contributed by atoms with E-state index in [-0.39, 0.29) is 16.8 Å². The van der Waals surface area contributed by atoms with Crippen LogP contribution in [0.25, 0.3) is 0 Å². The van der Waals surface area contributed by atoms with Crippen LogP contribution in [0.1, 0.15) is 42.5 Å². The quantitative estimate of drug-likeness (QED) is 0.849. The summed E-state index contributed by atoms with van der Waals surface area (Å²) in [6.07, 6.45) is 0. The number of rotatable bonds is 4. The first kappa shape index (κ1) is 18.2. The van der Waals surface area contributed by atoms with Gasteiger partial charge in [-0.1, -0.05) is 0 Å². The monoisotopic (exact) mass is 345 g/mol. The smallest absolute Gasteiger partial charge is 0.339 e. The SMILES string of the molecule is COC(=O)c1ccc(C(=O)OC)c(NC(=O)c2c(C)nn(C)c2C)c1. The molecule has 0 unspecified atom stereocenters. The maximum absolute atomic E-state index is 12.7. The molecule has 8 heteroatoms. The van der Waals surface area contributed by atoms with Crippen LogP contribution in [-0.2, 0) is 16.5 Å². The number of carbonyl (C=O) groups excluding carboxylic acids is 3. The number of hydrogen-bond acceptors (Lipinski definition) is 6. The summed E-state index contributed by atoms with van der Waals surface area (Å²) < 4.78 is 11.0. The van der Waals surface area contributed by atoms with E-state index >= 15 is 0 Å². The second kappa shape index (κ2) is 7.16. The van der Waals surface area contributed by atoms with Crippen molar-refractivity contribution in [1.29, 1.82) is 0 Å². The molecule has 2 rings (SSSR count). The van der Waals surface area contributed by atoms with Crippen LogP contribution in [-0.4, -0.2) is 41.8 Å². The van der Waals surface area contributed by atoms with Gasteiger partial charge in [0.15, 0.2) is 0 Å². The maximum atomic E-state index is 12.7. The molecular weight excluding hydrogens is 326 g/mol. The number of esters is 2. The van der Waals surface area contributed by atoms with Crippen molar-refractivity contribution in [3.63, 3.8) is 0 Å². The molecule has 1 heterocycles. The molecule has 0 saturated heterocycles. The van der Waals surface area contributed by atoms with Crippen LogP contribution in [0.4, 0.5) is 5.69 Å². The average Bonchev–Trinajstić information content (AvgIpc) is 2.85. The van der Waals surface area contributed by atoms with Gasteiger partial charge in [0, 0.05) is 12.7 Å². The zero-order chi connectivity index (χ0) is 18.7. The van der Waals surface area contributed by atoms with Gasteiger partial charge in [-0.25, -0.2) is 9.59 Å². The summed E-state index contributed by atoms with van der Waals surface area (Å²) in [7, 11) is 4.21. The normalized spacial score (nSPS) is 10.3. The average molecular weight is 345 g/mol. The van der Waals surface area contributed by atoms with Crippen molar-refractivity contribution in [2.75, 3.05) is 19.5 Å². The van der Waals surface area contributed by atoms with E-state index in [1.165, 1.54) is 32.4 Å². The van der Waals surface area contributed by atoms with Crippen molar-refractivity contribution in [2.24, 2.45) is 7.05 Å². The van der Waals surface area contributed by atoms with Gasteiger partial charge < -0.3 is 14.8 Å². The summed E-state index contributed by atoms with van der Waals surface area (Å²) in [5.74, 6) is -1.65. The molecular formula is C17H19N3O5. The number of anilines is 1. The van der Waals surface area contributed by atoms with Crippen molar-refractivity contribution in [1.82, 2.24) is 9.78 Å². The second-order valence-electron chi connectivity index (χ2n) is 5.37. The molecule has 1 N–H and O–H groups in total.